The SMILES string of the molecule is C=C(C(=O)OCCCCCCCCCCCC)c1ccc([N+](=O)[O-])cc1. The van der Waals surface area contributed by atoms with E-state index in [9.17, 15) is 14.9 Å². The zero-order chi connectivity index (χ0) is 19.2. The third-order valence-corrected chi connectivity index (χ3v) is 4.40. The average Bonchev–Trinajstić information content (AvgIpc) is 2.65. The first-order chi connectivity index (χ1) is 12.6. The molecular weight excluding hydrogens is 330 g/mol. The van der Waals surface area contributed by atoms with E-state index in [0.29, 0.717) is 12.2 Å². The summed E-state index contributed by atoms with van der Waals surface area (Å²) in [6.45, 7) is 6.35. The highest BCUT2D eigenvalue weighted by molar-refractivity contribution is 6.15. The van der Waals surface area contributed by atoms with Gasteiger partial charge in [0.2, 0.25) is 0 Å². The van der Waals surface area contributed by atoms with Gasteiger partial charge < -0.3 is 4.74 Å². The molecule has 5 heteroatoms. The first-order valence-electron chi connectivity index (χ1n) is 9.67. The lowest BCUT2D eigenvalue weighted by Gasteiger charge is -2.07. The largest absolute Gasteiger partial charge is 0.462 e. The van der Waals surface area contributed by atoms with Crippen molar-refractivity contribution in [2.45, 2.75) is 71.1 Å². The lowest BCUT2D eigenvalue weighted by Crippen LogP contribution is -2.07. The summed E-state index contributed by atoms with van der Waals surface area (Å²) >= 11 is 0. The van der Waals surface area contributed by atoms with E-state index in [4.69, 9.17) is 4.74 Å². The van der Waals surface area contributed by atoms with Crippen LogP contribution < -0.4 is 0 Å². The van der Waals surface area contributed by atoms with Crippen molar-refractivity contribution in [2.24, 2.45) is 0 Å². The molecule has 26 heavy (non-hydrogen) atoms. The Morgan fingerprint density at radius 1 is 0.962 bits per heavy atom. The number of hydrogen-bond acceptors (Lipinski definition) is 4. The van der Waals surface area contributed by atoms with Gasteiger partial charge in [0.25, 0.3) is 5.69 Å². The Bertz CT molecular complexity index is 566. The molecule has 0 heterocycles. The standard InChI is InChI=1S/C21H31NO4/c1-3-4-5-6-7-8-9-10-11-12-17-26-21(23)18(2)19-13-15-20(16-14-19)22(24)25/h13-16H,2-12,17H2,1H3. The van der Waals surface area contributed by atoms with E-state index in [1.165, 1.54) is 75.6 Å². The number of rotatable bonds is 14. The van der Waals surface area contributed by atoms with Gasteiger partial charge in [-0.05, 0) is 24.1 Å². The number of non-ortho nitro benzene ring substituents is 1. The second kappa shape index (κ2) is 13.1. The van der Waals surface area contributed by atoms with Gasteiger partial charge in [-0.3, -0.25) is 10.1 Å². The van der Waals surface area contributed by atoms with Crippen molar-refractivity contribution in [3.63, 3.8) is 0 Å². The molecule has 0 saturated heterocycles. The number of nitrogens with zero attached hydrogens (tertiary/aromatic N) is 1. The summed E-state index contributed by atoms with van der Waals surface area (Å²) in [5, 5.41) is 10.6. The predicted molar refractivity (Wildman–Crippen MR) is 105 cm³/mol. The molecule has 0 N–H and O–H groups in total. The molecule has 0 radical (unpaired) electrons. The van der Waals surface area contributed by atoms with E-state index < -0.39 is 10.9 Å². The maximum Gasteiger partial charge on any atom is 0.338 e. The van der Waals surface area contributed by atoms with E-state index in [-0.39, 0.29) is 11.3 Å². The van der Waals surface area contributed by atoms with Gasteiger partial charge in [-0.1, -0.05) is 71.3 Å². The summed E-state index contributed by atoms with van der Waals surface area (Å²) in [4.78, 5) is 22.1. The highest BCUT2D eigenvalue weighted by Crippen LogP contribution is 2.19. The zero-order valence-electron chi connectivity index (χ0n) is 15.9. The molecule has 0 unspecified atom stereocenters. The van der Waals surface area contributed by atoms with Crippen molar-refractivity contribution in [1.82, 2.24) is 0 Å². The average molecular weight is 361 g/mol. The number of nitro benzene ring substituents is 1. The minimum atomic E-state index is -0.476. The minimum absolute atomic E-state index is 0.0136. The molecule has 0 amide bonds. The molecule has 0 aliphatic heterocycles. The molecule has 1 rings (SSSR count). The zero-order valence-corrected chi connectivity index (χ0v) is 15.9. The monoisotopic (exact) mass is 361 g/mol. The molecule has 0 fully saturated rings. The van der Waals surface area contributed by atoms with Crippen molar-refractivity contribution in [3.8, 4) is 0 Å². The van der Waals surface area contributed by atoms with E-state index in [0.717, 1.165) is 12.8 Å². The van der Waals surface area contributed by atoms with Crippen LogP contribution in [0.3, 0.4) is 0 Å². The van der Waals surface area contributed by atoms with Gasteiger partial charge in [0.05, 0.1) is 17.1 Å². The maximum absolute atomic E-state index is 12.0. The number of nitro groups is 1. The Morgan fingerprint density at radius 2 is 1.46 bits per heavy atom. The second-order valence-corrected chi connectivity index (χ2v) is 6.60. The number of esters is 1. The number of carbonyl (C=O) groups is 1. The summed E-state index contributed by atoms with van der Waals surface area (Å²) in [5.41, 5.74) is 0.760. The first kappa shape index (κ1) is 21.9. The van der Waals surface area contributed by atoms with Crippen LogP contribution in [0.4, 0.5) is 5.69 Å². The van der Waals surface area contributed by atoms with Crippen LogP contribution in [0.5, 0.6) is 0 Å². The number of hydrogen-bond donors (Lipinski definition) is 0. The fourth-order valence-electron chi connectivity index (χ4n) is 2.74. The van der Waals surface area contributed by atoms with Gasteiger partial charge in [0, 0.05) is 12.1 Å². The van der Waals surface area contributed by atoms with E-state index in [1.54, 1.807) is 0 Å². The molecule has 0 aromatic heterocycles. The van der Waals surface area contributed by atoms with Crippen LogP contribution in [0.15, 0.2) is 30.8 Å². The van der Waals surface area contributed by atoms with Crippen molar-refractivity contribution in [1.29, 1.82) is 0 Å². The molecule has 1 aromatic rings. The van der Waals surface area contributed by atoms with Crippen LogP contribution in [0.2, 0.25) is 0 Å². The van der Waals surface area contributed by atoms with Gasteiger partial charge in [0.1, 0.15) is 0 Å². The Kier molecular flexibility index (Phi) is 11.0. The Labute approximate surface area is 156 Å². The minimum Gasteiger partial charge on any atom is -0.462 e. The summed E-state index contributed by atoms with van der Waals surface area (Å²) in [6.07, 6.45) is 12.3. The molecule has 0 aliphatic rings. The third-order valence-electron chi connectivity index (χ3n) is 4.40. The van der Waals surface area contributed by atoms with Crippen molar-refractivity contribution >= 4 is 17.2 Å². The Morgan fingerprint density at radius 3 is 1.96 bits per heavy atom. The predicted octanol–water partition coefficient (Wildman–Crippen LogP) is 6.07. The van der Waals surface area contributed by atoms with Crippen molar-refractivity contribution in [3.05, 3.63) is 46.5 Å². The molecule has 144 valence electrons. The lowest BCUT2D eigenvalue weighted by atomic mass is 10.1. The van der Waals surface area contributed by atoms with E-state index in [1.807, 2.05) is 0 Å². The highest BCUT2D eigenvalue weighted by atomic mass is 16.6. The van der Waals surface area contributed by atoms with Crippen LogP contribution in [0.1, 0.15) is 76.7 Å². The summed E-state index contributed by atoms with van der Waals surface area (Å²) in [5.74, 6) is -0.463. The number of carbonyl (C=O) groups excluding carboxylic acids is 1. The molecule has 0 saturated carbocycles. The summed E-state index contributed by atoms with van der Waals surface area (Å²) in [7, 11) is 0. The van der Waals surface area contributed by atoms with Crippen molar-refractivity contribution < 1.29 is 14.5 Å². The molecule has 0 spiro atoms. The van der Waals surface area contributed by atoms with Crippen LogP contribution in [0, 0.1) is 10.1 Å². The molecule has 0 bridgehead atoms. The van der Waals surface area contributed by atoms with Gasteiger partial charge >= 0.3 is 5.97 Å². The first-order valence-corrected chi connectivity index (χ1v) is 9.67. The van der Waals surface area contributed by atoms with Crippen LogP contribution in [-0.4, -0.2) is 17.5 Å². The van der Waals surface area contributed by atoms with Crippen LogP contribution in [-0.2, 0) is 9.53 Å². The second-order valence-electron chi connectivity index (χ2n) is 6.60. The van der Waals surface area contributed by atoms with Gasteiger partial charge in [-0.25, -0.2) is 4.79 Å². The topological polar surface area (TPSA) is 69.4 Å². The molecule has 0 atom stereocenters. The Hall–Kier alpha value is -2.17. The number of ether oxygens (including phenoxy) is 1. The maximum atomic E-state index is 12.0. The molecule has 5 nitrogen and oxygen atoms in total. The van der Waals surface area contributed by atoms with E-state index in [2.05, 4.69) is 13.5 Å². The van der Waals surface area contributed by atoms with E-state index >= 15 is 0 Å². The van der Waals surface area contributed by atoms with Gasteiger partial charge in [-0.15, -0.1) is 0 Å². The third kappa shape index (κ3) is 8.79. The highest BCUT2D eigenvalue weighted by Gasteiger charge is 2.12. The molecule has 0 aliphatic carbocycles. The summed E-state index contributed by atoms with van der Waals surface area (Å²) in [6, 6.07) is 5.75. The van der Waals surface area contributed by atoms with Crippen molar-refractivity contribution in [2.75, 3.05) is 6.61 Å². The fourth-order valence-corrected chi connectivity index (χ4v) is 2.74. The molecule has 1 aromatic carbocycles. The van der Waals surface area contributed by atoms with Gasteiger partial charge in [-0.2, -0.15) is 0 Å². The molecular formula is C21H31NO4. The fraction of sp³-hybridized carbons (Fsp3) is 0.571. The lowest BCUT2D eigenvalue weighted by molar-refractivity contribution is -0.384. The smallest absolute Gasteiger partial charge is 0.338 e. The normalized spacial score (nSPS) is 10.5. The van der Waals surface area contributed by atoms with Crippen LogP contribution in [0.25, 0.3) is 5.57 Å². The quantitative estimate of drug-likeness (QED) is 0.132. The summed E-state index contributed by atoms with van der Waals surface area (Å²) < 4.78 is 5.24. The number of unbranched alkanes of at least 4 members (excludes halogenated alkanes) is 9. The van der Waals surface area contributed by atoms with Gasteiger partial charge in [0.15, 0.2) is 0 Å². The van der Waals surface area contributed by atoms with Crippen LogP contribution >= 0.6 is 0 Å². The Balaban J connectivity index is 2.10. The number of benzene rings is 1.